The van der Waals surface area contributed by atoms with Crippen molar-refractivity contribution in [1.29, 1.82) is 0 Å². The van der Waals surface area contributed by atoms with Crippen LogP contribution in [0, 0.1) is 0 Å². The zero-order valence-electron chi connectivity index (χ0n) is 2.51. The minimum absolute atomic E-state index is 0. The van der Waals surface area contributed by atoms with Crippen molar-refractivity contribution >= 4 is 50.5 Å². The maximum atomic E-state index is 10.6. The molecule has 0 aromatic carbocycles. The summed E-state index contributed by atoms with van der Waals surface area (Å²) in [4.78, 5) is -3.56. The van der Waals surface area contributed by atoms with Crippen LogP contribution in [-0.2, 0) is 0 Å². The largest absolute Gasteiger partial charge is 0.401 e. The van der Waals surface area contributed by atoms with Crippen molar-refractivity contribution in [3.8, 4) is 0 Å². The summed E-state index contributed by atoms with van der Waals surface area (Å²) in [7, 11) is 0. The number of hydrogen-bond acceptors (Lipinski definition) is 0. The minimum Gasteiger partial charge on any atom is -0.172 e. The van der Waals surface area contributed by atoms with Crippen molar-refractivity contribution in [2.75, 3.05) is 0 Å². The van der Waals surface area contributed by atoms with Gasteiger partial charge in [0.05, 0.1) is 0 Å². The third-order valence-electron chi connectivity index (χ3n) is 0. The molecule has 0 saturated heterocycles. The smallest absolute Gasteiger partial charge is 0.172 e. The van der Waals surface area contributed by atoms with Crippen LogP contribution in [-0.4, -0.2) is 32.1 Å². The van der Waals surface area contributed by atoms with E-state index in [9.17, 15) is 8.78 Å². The Morgan fingerprint density at radius 2 is 1.17 bits per heavy atom. The molecule has 4 radical (unpaired) electrons. The summed E-state index contributed by atoms with van der Waals surface area (Å²) >= 11 is 7.92. The maximum Gasteiger partial charge on any atom is 0.401 e. The summed E-state index contributed by atoms with van der Waals surface area (Å²) in [6, 6.07) is 0. The zero-order chi connectivity index (χ0) is 4.50. The number of halogens is 4. The van der Waals surface area contributed by atoms with Crippen molar-refractivity contribution in [3.63, 3.8) is 0 Å². The molecule has 0 fully saturated rings. The molecule has 5 heteroatoms. The summed E-state index contributed by atoms with van der Waals surface area (Å²) in [6.07, 6.45) is 0. The SMILES string of the molecule is FC(F)(Cl)Cl.[Pb]. The van der Waals surface area contributed by atoms with Crippen molar-refractivity contribution in [2.24, 2.45) is 0 Å². The van der Waals surface area contributed by atoms with E-state index in [-0.39, 0.29) is 27.3 Å². The Labute approximate surface area is 64.0 Å². The van der Waals surface area contributed by atoms with Gasteiger partial charge in [0.25, 0.3) is 0 Å². The van der Waals surface area contributed by atoms with Gasteiger partial charge in [-0.25, -0.2) is 0 Å². The molecular weight excluding hydrogens is 328 g/mol. The zero-order valence-corrected chi connectivity index (χ0v) is 7.91. The molecule has 0 aliphatic carbocycles. The Hall–Kier alpha value is 1.36. The summed E-state index contributed by atoms with van der Waals surface area (Å²) in [5.74, 6) is 0. The fourth-order valence-electron chi connectivity index (χ4n) is 0. The van der Waals surface area contributed by atoms with Gasteiger partial charge >= 0.3 is 4.84 Å². The van der Waals surface area contributed by atoms with Crippen LogP contribution in [0.3, 0.4) is 0 Å². The molecule has 36 valence electrons. The van der Waals surface area contributed by atoms with Gasteiger partial charge in [0.2, 0.25) is 0 Å². The van der Waals surface area contributed by atoms with E-state index in [1.54, 1.807) is 0 Å². The first-order chi connectivity index (χ1) is 2.00. The van der Waals surface area contributed by atoms with E-state index < -0.39 is 4.84 Å². The molecule has 0 bridgehead atoms. The van der Waals surface area contributed by atoms with E-state index in [1.165, 1.54) is 0 Å². The molecular formula is CCl2F2Pb. The van der Waals surface area contributed by atoms with E-state index in [0.29, 0.717) is 0 Å². The third-order valence-corrected chi connectivity index (χ3v) is 0. The number of rotatable bonds is 0. The topological polar surface area (TPSA) is 0 Å². The van der Waals surface area contributed by atoms with Gasteiger partial charge in [-0.15, -0.1) is 0 Å². The van der Waals surface area contributed by atoms with Gasteiger partial charge in [-0.3, -0.25) is 0 Å². The number of hydrogen-bond donors (Lipinski definition) is 0. The Balaban J connectivity index is 0. The van der Waals surface area contributed by atoms with Crippen molar-refractivity contribution < 1.29 is 8.78 Å². The van der Waals surface area contributed by atoms with E-state index in [4.69, 9.17) is 0 Å². The first kappa shape index (κ1) is 10.4. The van der Waals surface area contributed by atoms with Crippen molar-refractivity contribution in [3.05, 3.63) is 0 Å². The monoisotopic (exact) mass is 328 g/mol. The second-order valence-electron chi connectivity index (χ2n) is 0.429. The Bertz CT molecular complexity index is 27.0. The molecule has 0 nitrogen and oxygen atoms in total. The predicted octanol–water partition coefficient (Wildman–Crippen LogP) is 1.63. The van der Waals surface area contributed by atoms with E-state index in [1.807, 2.05) is 0 Å². The summed E-state index contributed by atoms with van der Waals surface area (Å²) in [5, 5.41) is 0. The molecule has 0 atom stereocenters. The van der Waals surface area contributed by atoms with Gasteiger partial charge in [-0.1, -0.05) is 0 Å². The fraction of sp³-hybridized carbons (Fsp3) is 1.00. The first-order valence-corrected chi connectivity index (χ1v) is 1.51. The third kappa shape index (κ3) is 55.0. The van der Waals surface area contributed by atoms with Crippen LogP contribution in [0.4, 0.5) is 8.78 Å². The molecule has 0 rings (SSSR count). The van der Waals surface area contributed by atoms with Gasteiger partial charge in [0.15, 0.2) is 0 Å². The van der Waals surface area contributed by atoms with Gasteiger partial charge < -0.3 is 0 Å². The average Bonchev–Trinajstić information content (AvgIpc) is 0.722. The molecule has 0 aliphatic rings. The Morgan fingerprint density at radius 1 is 1.17 bits per heavy atom. The molecule has 0 heterocycles. The van der Waals surface area contributed by atoms with Gasteiger partial charge in [-0.05, 0) is 23.2 Å². The van der Waals surface area contributed by atoms with Crippen LogP contribution in [0.25, 0.3) is 0 Å². The second-order valence-corrected chi connectivity index (χ2v) is 1.57. The summed E-state index contributed by atoms with van der Waals surface area (Å²) in [6.45, 7) is 0. The first-order valence-electron chi connectivity index (χ1n) is 0.756. The Morgan fingerprint density at radius 3 is 1.17 bits per heavy atom. The fourth-order valence-corrected chi connectivity index (χ4v) is 0. The molecule has 0 N–H and O–H groups in total. The minimum atomic E-state index is -3.56. The number of alkyl halides is 4. The normalized spacial score (nSPS) is 10.0. The summed E-state index contributed by atoms with van der Waals surface area (Å²) in [5.41, 5.74) is 0. The standard InChI is InChI=1S/CCl2F2.Pb/c2-1(3,4)5;. The van der Waals surface area contributed by atoms with Crippen molar-refractivity contribution in [2.45, 2.75) is 4.84 Å². The molecule has 0 amide bonds. The summed E-state index contributed by atoms with van der Waals surface area (Å²) < 4.78 is 21.1. The van der Waals surface area contributed by atoms with Crippen LogP contribution < -0.4 is 0 Å². The molecule has 0 saturated carbocycles. The van der Waals surface area contributed by atoms with Crippen LogP contribution in [0.1, 0.15) is 0 Å². The molecule has 0 aromatic rings. The molecule has 0 aromatic heterocycles. The average molecular weight is 328 g/mol. The second kappa shape index (κ2) is 3.37. The molecule has 0 spiro atoms. The molecule has 0 unspecified atom stereocenters. The molecule has 0 aliphatic heterocycles. The van der Waals surface area contributed by atoms with Crippen LogP contribution >= 0.6 is 23.2 Å². The Kier molecular flexibility index (Phi) is 5.83. The van der Waals surface area contributed by atoms with Crippen LogP contribution in [0.5, 0.6) is 0 Å². The van der Waals surface area contributed by atoms with Crippen molar-refractivity contribution in [1.82, 2.24) is 0 Å². The van der Waals surface area contributed by atoms with Gasteiger partial charge in [0, 0.05) is 27.3 Å². The van der Waals surface area contributed by atoms with E-state index >= 15 is 0 Å². The molecule has 6 heavy (non-hydrogen) atoms. The van der Waals surface area contributed by atoms with Crippen LogP contribution in [0.15, 0.2) is 0 Å². The maximum absolute atomic E-state index is 10.6. The van der Waals surface area contributed by atoms with Crippen LogP contribution in [0.2, 0.25) is 0 Å². The van der Waals surface area contributed by atoms with Gasteiger partial charge in [0.1, 0.15) is 0 Å². The van der Waals surface area contributed by atoms with E-state index in [2.05, 4.69) is 23.2 Å². The predicted molar refractivity (Wildman–Crippen MR) is 22.4 cm³/mol. The van der Waals surface area contributed by atoms with Gasteiger partial charge in [-0.2, -0.15) is 8.78 Å². The van der Waals surface area contributed by atoms with E-state index in [0.717, 1.165) is 0 Å². The quantitative estimate of drug-likeness (QED) is 0.468.